The van der Waals surface area contributed by atoms with Crippen LogP contribution in [0, 0.1) is 0 Å². The highest BCUT2D eigenvalue weighted by atomic mass is 79.9. The molecule has 0 spiro atoms. The molecule has 0 saturated heterocycles. The number of rotatable bonds is 6. The largest absolute Gasteiger partial charge is 0.493 e. The highest BCUT2D eigenvalue weighted by Gasteiger charge is 2.10. The van der Waals surface area contributed by atoms with E-state index in [4.69, 9.17) is 9.47 Å². The van der Waals surface area contributed by atoms with E-state index >= 15 is 0 Å². The van der Waals surface area contributed by atoms with Crippen LogP contribution in [0.2, 0.25) is 0 Å². The van der Waals surface area contributed by atoms with E-state index in [0.29, 0.717) is 24.5 Å². The molecule has 0 aliphatic carbocycles. The van der Waals surface area contributed by atoms with Gasteiger partial charge in [-0.15, -0.1) is 0 Å². The van der Waals surface area contributed by atoms with Crippen LogP contribution < -0.4 is 20.1 Å². The molecule has 122 valence electrons. The van der Waals surface area contributed by atoms with Crippen molar-refractivity contribution >= 4 is 27.6 Å². The second-order valence-electron chi connectivity index (χ2n) is 4.76. The van der Waals surface area contributed by atoms with E-state index < -0.39 is 0 Å². The first-order chi connectivity index (χ1) is 11.2. The van der Waals surface area contributed by atoms with Gasteiger partial charge in [0.25, 0.3) is 0 Å². The Morgan fingerprint density at radius 3 is 2.57 bits per heavy atom. The lowest BCUT2D eigenvalue weighted by atomic mass is 10.1. The summed E-state index contributed by atoms with van der Waals surface area (Å²) in [6, 6.07) is 12.9. The van der Waals surface area contributed by atoms with E-state index in [0.717, 1.165) is 15.7 Å². The number of ether oxygens (including phenoxy) is 2. The summed E-state index contributed by atoms with van der Waals surface area (Å²) in [5.41, 5.74) is 1.71. The molecule has 2 amide bonds. The van der Waals surface area contributed by atoms with Crippen LogP contribution in [0.4, 0.5) is 10.5 Å². The monoisotopic (exact) mass is 378 g/mol. The van der Waals surface area contributed by atoms with Crippen LogP contribution in [0.1, 0.15) is 5.56 Å². The molecule has 6 heteroatoms. The fourth-order valence-electron chi connectivity index (χ4n) is 2.19. The maximum absolute atomic E-state index is 11.9. The average molecular weight is 379 g/mol. The molecule has 2 N–H and O–H groups in total. The van der Waals surface area contributed by atoms with Crippen LogP contribution in [0.5, 0.6) is 11.5 Å². The first-order valence-electron chi connectivity index (χ1n) is 7.15. The number of carbonyl (C=O) groups excluding carboxylic acids is 1. The Morgan fingerprint density at radius 2 is 1.87 bits per heavy atom. The van der Waals surface area contributed by atoms with Crippen LogP contribution >= 0.6 is 15.9 Å². The third kappa shape index (κ3) is 4.63. The number of urea groups is 1. The van der Waals surface area contributed by atoms with Crippen LogP contribution in [0.15, 0.2) is 46.9 Å². The zero-order valence-corrected chi connectivity index (χ0v) is 14.6. The maximum atomic E-state index is 11.9. The van der Waals surface area contributed by atoms with Gasteiger partial charge in [-0.05, 0) is 46.1 Å². The van der Waals surface area contributed by atoms with Crippen molar-refractivity contribution in [3.8, 4) is 11.5 Å². The summed E-state index contributed by atoms with van der Waals surface area (Å²) < 4.78 is 11.5. The Balaban J connectivity index is 1.90. The summed E-state index contributed by atoms with van der Waals surface area (Å²) in [7, 11) is 3.21. The zero-order valence-electron chi connectivity index (χ0n) is 13.1. The van der Waals surface area contributed by atoms with E-state index in [9.17, 15) is 4.79 Å². The molecule has 0 aliphatic rings. The van der Waals surface area contributed by atoms with Crippen LogP contribution in [-0.4, -0.2) is 26.8 Å². The molecule has 0 aliphatic heterocycles. The lowest BCUT2D eigenvalue weighted by Gasteiger charge is -2.13. The van der Waals surface area contributed by atoms with Gasteiger partial charge in [-0.25, -0.2) is 4.79 Å². The van der Waals surface area contributed by atoms with Gasteiger partial charge in [0.1, 0.15) is 0 Å². The lowest BCUT2D eigenvalue weighted by molar-refractivity contribution is 0.252. The summed E-state index contributed by atoms with van der Waals surface area (Å²) in [5.74, 6) is 1.38. The highest BCUT2D eigenvalue weighted by molar-refractivity contribution is 9.10. The predicted molar refractivity (Wildman–Crippen MR) is 94.4 cm³/mol. The summed E-state index contributed by atoms with van der Waals surface area (Å²) >= 11 is 3.39. The third-order valence-corrected chi connectivity index (χ3v) is 3.98. The van der Waals surface area contributed by atoms with Crippen LogP contribution in [0.3, 0.4) is 0 Å². The van der Waals surface area contributed by atoms with E-state index in [1.165, 1.54) is 0 Å². The van der Waals surface area contributed by atoms with E-state index in [1.807, 2.05) is 42.5 Å². The second kappa shape index (κ2) is 8.43. The van der Waals surface area contributed by atoms with Crippen molar-refractivity contribution in [2.24, 2.45) is 0 Å². The SMILES string of the molecule is COc1cccc(CCNC(=O)Nc2ccccc2Br)c1OC. The number of hydrogen-bond donors (Lipinski definition) is 2. The van der Waals surface area contributed by atoms with Crippen LogP contribution in [-0.2, 0) is 6.42 Å². The van der Waals surface area contributed by atoms with Gasteiger partial charge in [0, 0.05) is 11.0 Å². The normalized spacial score (nSPS) is 10.0. The quantitative estimate of drug-likeness (QED) is 0.802. The smallest absolute Gasteiger partial charge is 0.319 e. The Bertz CT molecular complexity index is 677. The molecule has 2 rings (SSSR count). The minimum Gasteiger partial charge on any atom is -0.493 e. The Morgan fingerprint density at radius 1 is 1.09 bits per heavy atom. The summed E-state index contributed by atoms with van der Waals surface area (Å²) in [5, 5.41) is 5.62. The van der Waals surface area contributed by atoms with E-state index in [2.05, 4.69) is 26.6 Å². The number of carbonyl (C=O) groups is 1. The number of nitrogens with one attached hydrogen (secondary N) is 2. The maximum Gasteiger partial charge on any atom is 0.319 e. The summed E-state index contributed by atoms with van der Waals surface area (Å²) in [6.45, 7) is 0.486. The fraction of sp³-hybridized carbons (Fsp3) is 0.235. The average Bonchev–Trinajstić information content (AvgIpc) is 2.56. The summed E-state index contributed by atoms with van der Waals surface area (Å²) in [4.78, 5) is 11.9. The lowest BCUT2D eigenvalue weighted by Crippen LogP contribution is -2.30. The highest BCUT2D eigenvalue weighted by Crippen LogP contribution is 2.30. The molecule has 5 nitrogen and oxygen atoms in total. The number of benzene rings is 2. The molecule has 0 heterocycles. The first kappa shape index (κ1) is 17.1. The van der Waals surface area contributed by atoms with Gasteiger partial charge >= 0.3 is 6.03 Å². The molecule has 0 saturated carbocycles. The van der Waals surface area contributed by atoms with Gasteiger partial charge in [0.2, 0.25) is 0 Å². The van der Waals surface area contributed by atoms with E-state index in [-0.39, 0.29) is 6.03 Å². The molecule has 0 radical (unpaired) electrons. The van der Waals surface area contributed by atoms with E-state index in [1.54, 1.807) is 14.2 Å². The summed E-state index contributed by atoms with van der Waals surface area (Å²) in [6.07, 6.45) is 0.643. The van der Waals surface area contributed by atoms with Gasteiger partial charge in [0.15, 0.2) is 11.5 Å². The van der Waals surface area contributed by atoms with Crippen molar-refractivity contribution in [2.45, 2.75) is 6.42 Å². The molecule has 23 heavy (non-hydrogen) atoms. The van der Waals surface area contributed by atoms with Crippen molar-refractivity contribution in [1.82, 2.24) is 5.32 Å². The zero-order chi connectivity index (χ0) is 16.7. The molecular weight excluding hydrogens is 360 g/mol. The number of amides is 2. The Labute approximate surface area is 144 Å². The number of anilines is 1. The molecule has 0 atom stereocenters. The topological polar surface area (TPSA) is 59.6 Å². The standard InChI is InChI=1S/C17H19BrN2O3/c1-22-15-9-5-6-12(16(15)23-2)10-11-19-17(21)20-14-8-4-3-7-13(14)18/h3-9H,10-11H2,1-2H3,(H2,19,20,21). The molecule has 0 aromatic heterocycles. The number of para-hydroxylation sites is 2. The fourth-order valence-corrected chi connectivity index (χ4v) is 2.57. The molecule has 0 unspecified atom stereocenters. The van der Waals surface area contributed by atoms with Crippen molar-refractivity contribution in [2.75, 3.05) is 26.1 Å². The van der Waals surface area contributed by atoms with Gasteiger partial charge in [-0.2, -0.15) is 0 Å². The number of halogens is 1. The molecule has 2 aromatic rings. The Hall–Kier alpha value is -2.21. The van der Waals surface area contributed by atoms with Gasteiger partial charge in [-0.3, -0.25) is 0 Å². The second-order valence-corrected chi connectivity index (χ2v) is 5.62. The minimum atomic E-state index is -0.251. The minimum absolute atomic E-state index is 0.251. The van der Waals surface area contributed by atoms with Crippen LogP contribution in [0.25, 0.3) is 0 Å². The van der Waals surface area contributed by atoms with Crippen molar-refractivity contribution < 1.29 is 14.3 Å². The van der Waals surface area contributed by atoms with Gasteiger partial charge in [-0.1, -0.05) is 24.3 Å². The van der Waals surface area contributed by atoms with Gasteiger partial charge in [0.05, 0.1) is 19.9 Å². The van der Waals surface area contributed by atoms with Crippen molar-refractivity contribution in [1.29, 1.82) is 0 Å². The number of hydrogen-bond acceptors (Lipinski definition) is 3. The Kier molecular flexibility index (Phi) is 6.29. The molecule has 0 bridgehead atoms. The first-order valence-corrected chi connectivity index (χ1v) is 7.94. The molecule has 2 aromatic carbocycles. The predicted octanol–water partition coefficient (Wildman–Crippen LogP) is 3.83. The van der Waals surface area contributed by atoms with Crippen molar-refractivity contribution in [3.63, 3.8) is 0 Å². The third-order valence-electron chi connectivity index (χ3n) is 3.29. The molecule has 0 fully saturated rings. The van der Waals surface area contributed by atoms with Crippen molar-refractivity contribution in [3.05, 3.63) is 52.5 Å². The number of methoxy groups -OCH3 is 2. The van der Waals surface area contributed by atoms with Gasteiger partial charge < -0.3 is 20.1 Å². The molecular formula is C17H19BrN2O3.